The van der Waals surface area contributed by atoms with Crippen LogP contribution in [0.5, 0.6) is 0 Å². The van der Waals surface area contributed by atoms with Crippen LogP contribution in [-0.2, 0) is 4.74 Å². The van der Waals surface area contributed by atoms with Gasteiger partial charge in [0.15, 0.2) is 0 Å². The first-order valence-corrected chi connectivity index (χ1v) is 5.51. The summed E-state index contributed by atoms with van der Waals surface area (Å²) in [5.41, 5.74) is 0. The van der Waals surface area contributed by atoms with E-state index in [2.05, 4.69) is 12.2 Å². The highest BCUT2D eigenvalue weighted by Crippen LogP contribution is 2.19. The van der Waals surface area contributed by atoms with Gasteiger partial charge in [-0.2, -0.15) is 0 Å². The maximum absolute atomic E-state index is 9.63. The summed E-state index contributed by atoms with van der Waals surface area (Å²) in [6, 6.07) is 0. The van der Waals surface area contributed by atoms with Crippen LogP contribution in [0.2, 0.25) is 0 Å². The van der Waals surface area contributed by atoms with Gasteiger partial charge in [0.05, 0.1) is 6.10 Å². The highest BCUT2D eigenvalue weighted by molar-refractivity contribution is 4.89. The van der Waals surface area contributed by atoms with Crippen molar-refractivity contribution in [2.75, 3.05) is 6.54 Å². The van der Waals surface area contributed by atoms with Crippen molar-refractivity contribution in [2.24, 2.45) is 0 Å². The maximum Gasteiger partial charge on any atom is 0.137 e. The molecule has 0 aromatic rings. The van der Waals surface area contributed by atoms with Crippen molar-refractivity contribution in [1.29, 1.82) is 0 Å². The Bertz CT molecular complexity index is 190. The molecule has 15 heavy (non-hydrogen) atoms. The number of unbranched alkanes of at least 4 members (excludes halogenated alkanes) is 1. The first-order chi connectivity index (χ1) is 7.07. The zero-order valence-corrected chi connectivity index (χ0v) is 9.26. The minimum atomic E-state index is -1.15. The number of ether oxygens (including phenoxy) is 1. The molecule has 1 aliphatic heterocycles. The minimum Gasteiger partial charge on any atom is -0.388 e. The lowest BCUT2D eigenvalue weighted by Gasteiger charge is -2.39. The number of aliphatic hydroxyl groups excluding tert-OH is 3. The average Bonchev–Trinajstić information content (AvgIpc) is 2.23. The molecule has 1 saturated heterocycles. The lowest BCUT2D eigenvalue weighted by molar-refractivity contribution is -0.224. The molecule has 1 rings (SSSR count). The van der Waals surface area contributed by atoms with Crippen molar-refractivity contribution < 1.29 is 20.1 Å². The van der Waals surface area contributed by atoms with Crippen LogP contribution in [0, 0.1) is 0 Å². The van der Waals surface area contributed by atoms with E-state index in [1.54, 1.807) is 6.92 Å². The van der Waals surface area contributed by atoms with E-state index in [9.17, 15) is 15.3 Å². The second-order valence-corrected chi connectivity index (χ2v) is 4.04. The summed E-state index contributed by atoms with van der Waals surface area (Å²) in [5.74, 6) is 0. The number of hydrogen-bond donors (Lipinski definition) is 4. The van der Waals surface area contributed by atoms with E-state index in [1.807, 2.05) is 0 Å². The van der Waals surface area contributed by atoms with Crippen molar-refractivity contribution in [1.82, 2.24) is 5.32 Å². The lowest BCUT2D eigenvalue weighted by Crippen LogP contribution is -2.60. The third-order valence-electron chi connectivity index (χ3n) is 2.73. The Kier molecular flexibility index (Phi) is 4.95. The van der Waals surface area contributed by atoms with Gasteiger partial charge in [-0.05, 0) is 19.9 Å². The van der Waals surface area contributed by atoms with Gasteiger partial charge in [-0.1, -0.05) is 13.3 Å². The molecular formula is C10H21NO4. The highest BCUT2D eigenvalue weighted by Gasteiger charge is 2.41. The largest absolute Gasteiger partial charge is 0.388 e. The van der Waals surface area contributed by atoms with E-state index in [-0.39, 0.29) is 0 Å². The molecule has 5 heteroatoms. The number of rotatable bonds is 4. The Balaban J connectivity index is 2.43. The van der Waals surface area contributed by atoms with Crippen LogP contribution in [-0.4, -0.2) is 52.5 Å². The van der Waals surface area contributed by atoms with Gasteiger partial charge in [-0.3, -0.25) is 5.32 Å². The van der Waals surface area contributed by atoms with Gasteiger partial charge in [0, 0.05) is 0 Å². The molecule has 1 heterocycles. The summed E-state index contributed by atoms with van der Waals surface area (Å²) >= 11 is 0. The minimum absolute atomic E-state index is 0.470. The molecule has 0 amide bonds. The molecule has 0 radical (unpaired) electrons. The Morgan fingerprint density at radius 1 is 1.13 bits per heavy atom. The summed E-state index contributed by atoms with van der Waals surface area (Å²) in [6.07, 6.45) is -2.27. The van der Waals surface area contributed by atoms with E-state index in [1.165, 1.54) is 0 Å². The van der Waals surface area contributed by atoms with E-state index in [4.69, 9.17) is 4.74 Å². The van der Waals surface area contributed by atoms with Gasteiger partial charge in [0.1, 0.15) is 24.5 Å². The van der Waals surface area contributed by atoms with Crippen molar-refractivity contribution in [2.45, 2.75) is 57.3 Å². The van der Waals surface area contributed by atoms with E-state index < -0.39 is 30.6 Å². The van der Waals surface area contributed by atoms with Crippen molar-refractivity contribution in [3.63, 3.8) is 0 Å². The SMILES string of the molecule is CCCCN[C@H]1OC(C)[C@@H](O)[C@@H](O)[C@@H]1O. The standard InChI is InChI=1S/C10H21NO4/c1-3-4-5-11-10-9(14)8(13)7(12)6(2)15-10/h6-14H,3-5H2,1-2H3/t6?,7-,8-,9+,10+/m1/s1. The van der Waals surface area contributed by atoms with E-state index in [0.29, 0.717) is 0 Å². The molecule has 0 bridgehead atoms. The Morgan fingerprint density at radius 3 is 2.40 bits per heavy atom. The van der Waals surface area contributed by atoms with Crippen molar-refractivity contribution in [3.05, 3.63) is 0 Å². The number of nitrogens with one attached hydrogen (secondary N) is 1. The second-order valence-electron chi connectivity index (χ2n) is 4.04. The van der Waals surface area contributed by atoms with Crippen LogP contribution in [0.25, 0.3) is 0 Å². The molecule has 0 spiro atoms. The Morgan fingerprint density at radius 2 is 1.80 bits per heavy atom. The van der Waals surface area contributed by atoms with Crippen LogP contribution in [0.15, 0.2) is 0 Å². The molecule has 1 aliphatic rings. The predicted molar refractivity (Wildman–Crippen MR) is 55.3 cm³/mol. The molecular weight excluding hydrogens is 198 g/mol. The molecule has 0 saturated carbocycles. The number of hydrogen-bond acceptors (Lipinski definition) is 5. The van der Waals surface area contributed by atoms with Crippen molar-refractivity contribution in [3.8, 4) is 0 Å². The van der Waals surface area contributed by atoms with Gasteiger partial charge in [0.2, 0.25) is 0 Å². The molecule has 1 fully saturated rings. The molecule has 0 aliphatic carbocycles. The average molecular weight is 219 g/mol. The monoisotopic (exact) mass is 219 g/mol. The Labute approximate surface area is 90.1 Å². The third kappa shape index (κ3) is 3.12. The summed E-state index contributed by atoms with van der Waals surface area (Å²) in [6.45, 7) is 4.48. The van der Waals surface area contributed by atoms with Crippen LogP contribution in [0.3, 0.4) is 0 Å². The zero-order valence-electron chi connectivity index (χ0n) is 9.26. The fraction of sp³-hybridized carbons (Fsp3) is 1.00. The normalized spacial score (nSPS) is 41.8. The molecule has 0 aromatic carbocycles. The van der Waals surface area contributed by atoms with Crippen LogP contribution < -0.4 is 5.32 Å². The number of aliphatic hydroxyl groups is 3. The summed E-state index contributed by atoms with van der Waals surface area (Å²) < 4.78 is 5.36. The van der Waals surface area contributed by atoms with Gasteiger partial charge in [-0.25, -0.2) is 0 Å². The highest BCUT2D eigenvalue weighted by atomic mass is 16.5. The molecule has 5 nitrogen and oxygen atoms in total. The summed E-state index contributed by atoms with van der Waals surface area (Å²) in [5, 5.41) is 31.6. The first-order valence-electron chi connectivity index (χ1n) is 5.51. The molecule has 1 unspecified atom stereocenters. The molecule has 4 N–H and O–H groups in total. The zero-order chi connectivity index (χ0) is 11.4. The second kappa shape index (κ2) is 5.77. The fourth-order valence-electron chi connectivity index (χ4n) is 1.64. The van der Waals surface area contributed by atoms with Gasteiger partial charge >= 0.3 is 0 Å². The van der Waals surface area contributed by atoms with E-state index >= 15 is 0 Å². The predicted octanol–water partition coefficient (Wildman–Crippen LogP) is -0.796. The lowest BCUT2D eigenvalue weighted by atomic mass is 9.99. The maximum atomic E-state index is 9.63. The molecule has 0 aromatic heterocycles. The van der Waals surface area contributed by atoms with Crippen LogP contribution in [0.4, 0.5) is 0 Å². The topological polar surface area (TPSA) is 82.0 Å². The smallest absolute Gasteiger partial charge is 0.137 e. The molecule has 5 atom stereocenters. The van der Waals surface area contributed by atoms with E-state index in [0.717, 1.165) is 19.4 Å². The van der Waals surface area contributed by atoms with Crippen molar-refractivity contribution >= 4 is 0 Å². The summed E-state index contributed by atoms with van der Waals surface area (Å²) in [7, 11) is 0. The van der Waals surface area contributed by atoms with Gasteiger partial charge in [0.25, 0.3) is 0 Å². The van der Waals surface area contributed by atoms with Crippen LogP contribution >= 0.6 is 0 Å². The quantitative estimate of drug-likeness (QED) is 0.466. The fourth-order valence-corrected chi connectivity index (χ4v) is 1.64. The summed E-state index contributed by atoms with van der Waals surface area (Å²) in [4.78, 5) is 0. The third-order valence-corrected chi connectivity index (χ3v) is 2.73. The molecule has 90 valence electrons. The first kappa shape index (κ1) is 12.9. The van der Waals surface area contributed by atoms with Gasteiger partial charge in [-0.15, -0.1) is 0 Å². The Hall–Kier alpha value is -0.200. The van der Waals surface area contributed by atoms with Gasteiger partial charge < -0.3 is 20.1 Å². The van der Waals surface area contributed by atoms with Crippen LogP contribution in [0.1, 0.15) is 26.7 Å².